The van der Waals surface area contributed by atoms with Gasteiger partial charge in [0.25, 0.3) is 0 Å². The molecule has 2 rings (SSSR count). The van der Waals surface area contributed by atoms with Crippen molar-refractivity contribution in [1.29, 1.82) is 0 Å². The maximum absolute atomic E-state index is 11.6. The Hall–Kier alpha value is -2.27. The number of aliphatic hydroxyl groups excluding tert-OH is 1. The summed E-state index contributed by atoms with van der Waals surface area (Å²) in [4.78, 5) is 20.2. The van der Waals surface area contributed by atoms with Crippen LogP contribution in [0, 0.1) is 5.92 Å². The predicted octanol–water partition coefficient (Wildman–Crippen LogP) is 1.39. The number of amides is 1. The van der Waals surface area contributed by atoms with Gasteiger partial charge < -0.3 is 10.4 Å². The summed E-state index contributed by atoms with van der Waals surface area (Å²) in [6, 6.07) is 7.57. The summed E-state index contributed by atoms with van der Waals surface area (Å²) < 4.78 is 0. The van der Waals surface area contributed by atoms with E-state index in [1.165, 1.54) is 6.08 Å². The van der Waals surface area contributed by atoms with Gasteiger partial charge in [0.1, 0.15) is 0 Å². The molecular formula is C15H17N3O2. The summed E-state index contributed by atoms with van der Waals surface area (Å²) in [6.45, 7) is 2.36. The van der Waals surface area contributed by atoms with Crippen molar-refractivity contribution in [2.45, 2.75) is 6.92 Å². The van der Waals surface area contributed by atoms with Crippen LogP contribution in [-0.2, 0) is 4.79 Å². The molecule has 1 amide bonds. The van der Waals surface area contributed by atoms with E-state index in [9.17, 15) is 4.79 Å². The predicted molar refractivity (Wildman–Crippen MR) is 77.8 cm³/mol. The second-order valence-electron chi connectivity index (χ2n) is 4.65. The van der Waals surface area contributed by atoms with Crippen LogP contribution in [0.4, 0.5) is 0 Å². The Kier molecular flexibility index (Phi) is 4.79. The Bertz CT molecular complexity index is 625. The Morgan fingerprint density at radius 2 is 2.15 bits per heavy atom. The molecule has 1 heterocycles. The molecule has 2 aromatic rings. The summed E-state index contributed by atoms with van der Waals surface area (Å²) in [5.74, 6) is -0.159. The molecule has 0 bridgehead atoms. The van der Waals surface area contributed by atoms with Crippen molar-refractivity contribution in [3.63, 3.8) is 0 Å². The van der Waals surface area contributed by atoms with Crippen molar-refractivity contribution in [3.8, 4) is 0 Å². The maximum atomic E-state index is 11.6. The van der Waals surface area contributed by atoms with Gasteiger partial charge >= 0.3 is 0 Å². The van der Waals surface area contributed by atoms with Gasteiger partial charge in [0.15, 0.2) is 0 Å². The van der Waals surface area contributed by atoms with Gasteiger partial charge in [0, 0.05) is 19.2 Å². The molecule has 1 atom stereocenters. The maximum Gasteiger partial charge on any atom is 0.244 e. The summed E-state index contributed by atoms with van der Waals surface area (Å²) in [5.41, 5.74) is 2.25. The lowest BCUT2D eigenvalue weighted by Crippen LogP contribution is -2.27. The Morgan fingerprint density at radius 3 is 2.90 bits per heavy atom. The van der Waals surface area contributed by atoms with Crippen LogP contribution in [0.25, 0.3) is 17.1 Å². The smallest absolute Gasteiger partial charge is 0.244 e. The molecule has 1 unspecified atom stereocenters. The molecule has 0 saturated carbocycles. The van der Waals surface area contributed by atoms with Gasteiger partial charge in [-0.15, -0.1) is 0 Å². The number of carbonyl (C=O) groups excluding carboxylic acids is 1. The Labute approximate surface area is 117 Å². The zero-order chi connectivity index (χ0) is 14.4. The van der Waals surface area contributed by atoms with Gasteiger partial charge in [0.2, 0.25) is 5.91 Å². The minimum absolute atomic E-state index is 0.0489. The van der Waals surface area contributed by atoms with Crippen LogP contribution in [0.3, 0.4) is 0 Å². The van der Waals surface area contributed by atoms with E-state index in [4.69, 9.17) is 5.11 Å². The van der Waals surface area contributed by atoms with Gasteiger partial charge in [-0.3, -0.25) is 9.78 Å². The standard InChI is InChI=1S/C15H17N3O2/c1-11(10-19)8-17-15(20)7-6-12-9-16-13-4-2-3-5-14(13)18-12/h2-7,9,11,19H,8,10H2,1H3,(H,17,20)/b7-6+. The summed E-state index contributed by atoms with van der Waals surface area (Å²) in [5, 5.41) is 11.6. The number of hydrogen-bond donors (Lipinski definition) is 2. The van der Waals surface area contributed by atoms with E-state index in [1.807, 2.05) is 31.2 Å². The fraction of sp³-hybridized carbons (Fsp3) is 0.267. The topological polar surface area (TPSA) is 75.1 Å². The Morgan fingerprint density at radius 1 is 1.40 bits per heavy atom. The van der Waals surface area contributed by atoms with Crippen molar-refractivity contribution >= 4 is 23.0 Å². The van der Waals surface area contributed by atoms with Crippen molar-refractivity contribution < 1.29 is 9.90 Å². The number of fused-ring (bicyclic) bond motifs is 1. The molecule has 104 valence electrons. The van der Waals surface area contributed by atoms with E-state index in [-0.39, 0.29) is 18.4 Å². The highest BCUT2D eigenvalue weighted by molar-refractivity contribution is 5.91. The van der Waals surface area contributed by atoms with Gasteiger partial charge in [-0.05, 0) is 24.1 Å². The minimum Gasteiger partial charge on any atom is -0.396 e. The first-order valence-corrected chi connectivity index (χ1v) is 6.47. The van der Waals surface area contributed by atoms with Crippen molar-refractivity contribution in [2.75, 3.05) is 13.2 Å². The van der Waals surface area contributed by atoms with Gasteiger partial charge in [-0.25, -0.2) is 4.98 Å². The Balaban J connectivity index is 2.00. The van der Waals surface area contributed by atoms with E-state index in [0.717, 1.165) is 11.0 Å². The SMILES string of the molecule is CC(CO)CNC(=O)/C=C/c1cnc2ccccc2n1. The summed E-state index contributed by atoms with van der Waals surface area (Å²) >= 11 is 0. The number of aliphatic hydroxyl groups is 1. The lowest BCUT2D eigenvalue weighted by atomic mass is 10.2. The highest BCUT2D eigenvalue weighted by atomic mass is 16.3. The summed E-state index contributed by atoms with van der Waals surface area (Å²) in [6.07, 6.45) is 4.67. The van der Waals surface area contributed by atoms with E-state index < -0.39 is 0 Å². The summed E-state index contributed by atoms with van der Waals surface area (Å²) in [7, 11) is 0. The van der Waals surface area contributed by atoms with Crippen LogP contribution >= 0.6 is 0 Å². The van der Waals surface area contributed by atoms with Crippen LogP contribution < -0.4 is 5.32 Å². The van der Waals surface area contributed by atoms with Crippen molar-refractivity contribution in [2.24, 2.45) is 5.92 Å². The van der Waals surface area contributed by atoms with E-state index in [2.05, 4.69) is 15.3 Å². The zero-order valence-corrected chi connectivity index (χ0v) is 11.3. The van der Waals surface area contributed by atoms with Crippen LogP contribution in [0.15, 0.2) is 36.5 Å². The van der Waals surface area contributed by atoms with Crippen LogP contribution in [-0.4, -0.2) is 34.1 Å². The lowest BCUT2D eigenvalue weighted by molar-refractivity contribution is -0.116. The van der Waals surface area contributed by atoms with Crippen LogP contribution in [0.1, 0.15) is 12.6 Å². The molecule has 2 N–H and O–H groups in total. The second-order valence-corrected chi connectivity index (χ2v) is 4.65. The molecule has 20 heavy (non-hydrogen) atoms. The number of carbonyl (C=O) groups is 1. The average Bonchev–Trinajstić information content (AvgIpc) is 2.50. The van der Waals surface area contributed by atoms with Crippen LogP contribution in [0.2, 0.25) is 0 Å². The number of aromatic nitrogens is 2. The normalized spacial score (nSPS) is 12.7. The third kappa shape index (κ3) is 3.86. The molecule has 5 heteroatoms. The molecular weight excluding hydrogens is 254 g/mol. The molecule has 0 radical (unpaired) electrons. The molecule has 0 aliphatic heterocycles. The number of rotatable bonds is 5. The highest BCUT2D eigenvalue weighted by Crippen LogP contribution is 2.09. The largest absolute Gasteiger partial charge is 0.396 e. The van der Waals surface area contributed by atoms with Crippen molar-refractivity contribution in [3.05, 3.63) is 42.2 Å². The lowest BCUT2D eigenvalue weighted by Gasteiger charge is -2.07. The quantitative estimate of drug-likeness (QED) is 0.806. The second kappa shape index (κ2) is 6.77. The number of hydrogen-bond acceptors (Lipinski definition) is 4. The van der Waals surface area contributed by atoms with Gasteiger partial charge in [-0.1, -0.05) is 19.1 Å². The fourth-order valence-electron chi connectivity index (χ4n) is 1.61. The molecule has 0 aliphatic carbocycles. The molecule has 0 saturated heterocycles. The van der Waals surface area contributed by atoms with E-state index in [1.54, 1.807) is 12.3 Å². The van der Waals surface area contributed by atoms with E-state index in [0.29, 0.717) is 12.2 Å². The first-order valence-electron chi connectivity index (χ1n) is 6.47. The molecule has 5 nitrogen and oxygen atoms in total. The van der Waals surface area contributed by atoms with Gasteiger partial charge in [0.05, 0.1) is 22.9 Å². The van der Waals surface area contributed by atoms with Crippen LogP contribution in [0.5, 0.6) is 0 Å². The number of nitrogens with zero attached hydrogens (tertiary/aromatic N) is 2. The van der Waals surface area contributed by atoms with Crippen molar-refractivity contribution in [1.82, 2.24) is 15.3 Å². The number of benzene rings is 1. The molecule has 0 spiro atoms. The monoisotopic (exact) mass is 271 g/mol. The molecule has 1 aromatic heterocycles. The third-order valence-corrected chi connectivity index (χ3v) is 2.81. The minimum atomic E-state index is -0.208. The zero-order valence-electron chi connectivity index (χ0n) is 11.3. The van der Waals surface area contributed by atoms with E-state index >= 15 is 0 Å². The average molecular weight is 271 g/mol. The highest BCUT2D eigenvalue weighted by Gasteiger charge is 2.02. The first-order chi connectivity index (χ1) is 9.69. The van der Waals surface area contributed by atoms with Gasteiger partial charge in [-0.2, -0.15) is 0 Å². The fourth-order valence-corrected chi connectivity index (χ4v) is 1.61. The molecule has 0 fully saturated rings. The third-order valence-electron chi connectivity index (χ3n) is 2.81. The molecule has 0 aliphatic rings. The molecule has 1 aromatic carbocycles. The first kappa shape index (κ1) is 14.1. The number of nitrogens with one attached hydrogen (secondary N) is 1. The number of para-hydroxylation sites is 2.